The van der Waals surface area contributed by atoms with Crippen molar-refractivity contribution in [1.29, 1.82) is 0 Å². The molecule has 100 heavy (non-hydrogen) atoms. The topological polar surface area (TPSA) is 540 Å². The molecule has 10 amide bonds. The molecule has 0 aromatic rings. The van der Waals surface area contributed by atoms with E-state index in [0.717, 1.165) is 46.4 Å². The first kappa shape index (κ1) is 85.4. The zero-order valence-electron chi connectivity index (χ0n) is 57.4. The Bertz CT molecular complexity index is 3040. The molecule has 0 bridgehead atoms. The maximum atomic E-state index is 14.9. The molecule has 0 aromatic carbocycles. The molecule has 3 heterocycles. The Morgan fingerprint density at radius 2 is 1.04 bits per heavy atom. The molecule has 0 unspecified atom stereocenters. The van der Waals surface area contributed by atoms with E-state index < -0.39 is 244 Å². The van der Waals surface area contributed by atoms with Crippen LogP contribution in [0.5, 0.6) is 0 Å². The van der Waals surface area contributed by atoms with E-state index >= 15 is 0 Å². The number of ether oxygens (including phenoxy) is 9. The first-order chi connectivity index (χ1) is 46.7. The number of amides is 10. The Morgan fingerprint density at radius 1 is 0.550 bits per heavy atom. The lowest BCUT2D eigenvalue weighted by Gasteiger charge is -2.50. The van der Waals surface area contributed by atoms with Gasteiger partial charge in [0.1, 0.15) is 79.9 Å². The molecule has 17 atom stereocenters. The summed E-state index contributed by atoms with van der Waals surface area (Å²) in [5.74, 6) is -15.6. The maximum Gasteiger partial charge on any atom is 0.303 e. The number of carboxylic acids is 1. The fraction of sp³-hybridized carbons (Fsp3) is 0.700. The van der Waals surface area contributed by atoms with Gasteiger partial charge in [0.2, 0.25) is 59.1 Å². The highest BCUT2D eigenvalue weighted by Crippen LogP contribution is 2.35. The number of primary amides is 2. The lowest BCUT2D eigenvalue weighted by atomic mass is 9.93. The highest BCUT2D eigenvalue weighted by atomic mass is 32.1. The quantitative estimate of drug-likeness (QED) is 0.0158. The minimum atomic E-state index is -2.04. The first-order valence-corrected chi connectivity index (χ1v) is 32.6. The number of esters is 5. The molecule has 0 aromatic heterocycles. The Labute approximate surface area is 586 Å². The van der Waals surface area contributed by atoms with Crippen LogP contribution < -0.4 is 59.3 Å². The summed E-state index contributed by atoms with van der Waals surface area (Å²) in [6.07, 6.45) is -16.9. The van der Waals surface area contributed by atoms with Crippen molar-refractivity contribution in [3.05, 3.63) is 0 Å². The maximum absolute atomic E-state index is 14.9. The molecule has 14 N–H and O–H groups in total. The monoisotopic (exact) mass is 1460 g/mol. The van der Waals surface area contributed by atoms with Crippen molar-refractivity contribution >= 4 is 129 Å². The summed E-state index contributed by atoms with van der Waals surface area (Å²) in [5.41, 5.74) is 10.7. The molecule has 3 fully saturated rings. The van der Waals surface area contributed by atoms with Crippen LogP contribution in [0.2, 0.25) is 0 Å². The molecule has 3 rings (SSSR count). The minimum absolute atomic E-state index is 0.0144. The number of nitrogens with two attached hydrogens (primary N) is 2. The number of likely N-dealkylation sites (tertiary alicyclic amines) is 1. The number of nitrogens with one attached hydrogen (secondary N) is 9. The summed E-state index contributed by atoms with van der Waals surface area (Å²) in [4.78, 5) is 210. The van der Waals surface area contributed by atoms with E-state index in [0.29, 0.717) is 6.42 Å². The van der Waals surface area contributed by atoms with Crippen LogP contribution in [-0.2, 0) is 119 Å². The van der Waals surface area contributed by atoms with Gasteiger partial charge in [0.15, 0.2) is 30.9 Å². The third-order valence-corrected chi connectivity index (χ3v) is 15.2. The SMILES string of the molecule is CC(=O)N[C@@H](CCC(=O)O)C(=O)N[C@@H](CC(C)C)C(=O)N[C@@H](C)C(=O)N[C@@H](CCC(N)=O)C(=O)N[C@H](C(=O)NCC(=O)N1CCC[C@H]1C(=O)NCC(N)=O)[C@@H](C)O[C@H]1O[C@H](COC(C)=O)[C@H](OC(C)=O)[C@H](O[C@H]2O[C@H](COC(C)=O)[C@H](OC(C)=O)[C@H](OC(C)=O)[C@H]2NC(C)=S)[C@H]1NC(C)=S. The lowest BCUT2D eigenvalue weighted by Crippen LogP contribution is -2.71. The summed E-state index contributed by atoms with van der Waals surface area (Å²) in [6.45, 7) is 12.1. The molecule has 3 saturated heterocycles. The van der Waals surface area contributed by atoms with Gasteiger partial charge in [-0.1, -0.05) is 38.3 Å². The summed E-state index contributed by atoms with van der Waals surface area (Å²) in [7, 11) is 0. The van der Waals surface area contributed by atoms with Crippen LogP contribution in [0.15, 0.2) is 0 Å². The van der Waals surface area contributed by atoms with Crippen LogP contribution in [0.4, 0.5) is 0 Å². The number of carboxylic acid groups (broad SMARTS) is 1. The van der Waals surface area contributed by atoms with E-state index in [-0.39, 0.29) is 41.7 Å². The Hall–Kier alpha value is -8.86. The zero-order valence-corrected chi connectivity index (χ0v) is 59.1. The second-order valence-electron chi connectivity index (χ2n) is 24.1. The molecular weight excluding hydrogens is 1370 g/mol. The zero-order chi connectivity index (χ0) is 75.6. The summed E-state index contributed by atoms with van der Waals surface area (Å²) < 4.78 is 54.1. The van der Waals surface area contributed by atoms with E-state index in [1.807, 2.05) is 0 Å². The summed E-state index contributed by atoms with van der Waals surface area (Å²) in [5, 5.41) is 32.0. The Morgan fingerprint density at radius 3 is 1.54 bits per heavy atom. The average Bonchev–Trinajstić information content (AvgIpc) is 0.888. The molecular formula is C60H92N12O26S2. The smallest absolute Gasteiger partial charge is 0.303 e. The van der Waals surface area contributed by atoms with Crippen molar-refractivity contribution in [3.8, 4) is 0 Å². The molecule has 38 nitrogen and oxygen atoms in total. The number of nitrogens with zero attached hydrogens (tertiary/aromatic N) is 1. The van der Waals surface area contributed by atoms with Crippen molar-refractivity contribution in [2.24, 2.45) is 17.4 Å². The highest BCUT2D eigenvalue weighted by molar-refractivity contribution is 7.80. The molecule has 0 saturated carbocycles. The fourth-order valence-corrected chi connectivity index (χ4v) is 11.0. The summed E-state index contributed by atoms with van der Waals surface area (Å²) in [6, 6.07) is -12.4. The van der Waals surface area contributed by atoms with Gasteiger partial charge >= 0.3 is 35.8 Å². The number of carbonyl (C=O) groups is 16. The molecule has 3 aliphatic heterocycles. The van der Waals surface area contributed by atoms with E-state index in [9.17, 15) is 81.8 Å². The molecule has 0 spiro atoms. The van der Waals surface area contributed by atoms with Gasteiger partial charge in [0.25, 0.3) is 0 Å². The number of thiocarbonyl (C=S) groups is 2. The van der Waals surface area contributed by atoms with E-state index in [1.165, 1.54) is 27.7 Å². The Kier molecular flexibility index (Phi) is 35.0. The van der Waals surface area contributed by atoms with E-state index in [4.69, 9.17) is 78.5 Å². The third kappa shape index (κ3) is 28.8. The third-order valence-electron chi connectivity index (χ3n) is 15.0. The van der Waals surface area contributed by atoms with Crippen LogP contribution >= 0.6 is 24.4 Å². The van der Waals surface area contributed by atoms with Crippen molar-refractivity contribution in [2.45, 2.75) is 232 Å². The minimum Gasteiger partial charge on any atom is -0.481 e. The normalized spacial score (nSPS) is 23.4. The van der Waals surface area contributed by atoms with E-state index in [2.05, 4.69) is 47.9 Å². The van der Waals surface area contributed by atoms with Gasteiger partial charge in [-0.2, -0.15) is 0 Å². The van der Waals surface area contributed by atoms with Crippen molar-refractivity contribution in [2.75, 3.05) is 32.8 Å². The predicted octanol–water partition coefficient (Wildman–Crippen LogP) is -4.89. The van der Waals surface area contributed by atoms with Gasteiger partial charge in [-0.05, 0) is 65.7 Å². The Balaban J connectivity index is 2.27. The molecule has 0 radical (unpaired) electrons. The van der Waals surface area contributed by atoms with Crippen LogP contribution in [0.25, 0.3) is 0 Å². The number of hydrogen-bond acceptors (Lipinski definition) is 27. The van der Waals surface area contributed by atoms with E-state index in [1.54, 1.807) is 13.8 Å². The van der Waals surface area contributed by atoms with Crippen molar-refractivity contribution < 1.29 is 124 Å². The lowest BCUT2D eigenvalue weighted by molar-refractivity contribution is -0.333. The van der Waals surface area contributed by atoms with Gasteiger partial charge in [-0.25, -0.2) is 0 Å². The number of hydrogen-bond donors (Lipinski definition) is 12. The number of rotatable bonds is 37. The van der Waals surface area contributed by atoms with Gasteiger partial charge in [-0.3, -0.25) is 76.7 Å². The van der Waals surface area contributed by atoms with Crippen LogP contribution in [0.1, 0.15) is 128 Å². The molecule has 3 aliphatic rings. The fourth-order valence-electron chi connectivity index (χ4n) is 10.7. The van der Waals surface area contributed by atoms with Gasteiger partial charge in [0, 0.05) is 60.9 Å². The molecule has 560 valence electrons. The predicted molar refractivity (Wildman–Crippen MR) is 349 cm³/mol. The van der Waals surface area contributed by atoms with Gasteiger partial charge in [-0.15, -0.1) is 0 Å². The van der Waals surface area contributed by atoms with Crippen LogP contribution in [0, 0.1) is 5.92 Å². The van der Waals surface area contributed by atoms with Crippen LogP contribution in [-0.4, -0.2) is 251 Å². The van der Waals surface area contributed by atoms with Gasteiger partial charge in [0.05, 0.1) is 29.2 Å². The first-order valence-electron chi connectivity index (χ1n) is 31.8. The molecule has 40 heteroatoms. The number of aliphatic carboxylic acids is 1. The summed E-state index contributed by atoms with van der Waals surface area (Å²) >= 11 is 11.0. The van der Waals surface area contributed by atoms with Crippen LogP contribution in [0.3, 0.4) is 0 Å². The second kappa shape index (κ2) is 41.0. The standard InChI is InChI=1S/C60H92N12O26S2/c1-25(2)20-38(70-54(85)36(66-28(5)73)16-18-45(82)83)56(87)65-26(3)53(84)69-37(15-17-42(61)79)55(86)71-46(58(89)64-22-44(81)72-19-13-14-39(72)57(88)63-21-43(62)80)27(4)92-59-48(68-30(7)100)52(50(94-34(11)77)41(96-59)24-91-32(9)75)98-60-47(67-29(6)99)51(95-35(12)78)49(93-33(10)76)40(97-60)23-90-31(8)74/h25-27,36-41,46-52,59-60H,13-24H2,1-12H3,(H2,61,79)(H2,62,80)(H,63,88)(H,64,89)(H,65,87)(H,66,73)(H,67,99)(H,68,100)(H,69,84)(H,70,85)(H,71,86)(H,82,83)/t26-,27+,36-,37-,38-,39-,40+,41+,46-,47+,48+,49-,50-,51+,52+,59-,60+/m0/s1. The molecule has 0 aliphatic carbocycles. The van der Waals surface area contributed by atoms with Crippen molar-refractivity contribution in [3.63, 3.8) is 0 Å². The largest absolute Gasteiger partial charge is 0.481 e. The van der Waals surface area contributed by atoms with Crippen molar-refractivity contribution in [1.82, 2.24) is 52.8 Å². The number of carbonyl (C=O) groups excluding carboxylic acids is 15. The highest BCUT2D eigenvalue weighted by Gasteiger charge is 2.57. The second-order valence-corrected chi connectivity index (χ2v) is 25.3. The average molecular weight is 1460 g/mol. The van der Waals surface area contributed by atoms with Gasteiger partial charge < -0.3 is 112 Å².